The second-order valence-corrected chi connectivity index (χ2v) is 4.75. The molecule has 2 unspecified atom stereocenters. The van der Waals surface area contributed by atoms with E-state index in [1.807, 2.05) is 0 Å². The Labute approximate surface area is 101 Å². The number of hydrogen-bond acceptors (Lipinski definition) is 3. The number of hydrogen-bond donors (Lipinski definition) is 1. The lowest BCUT2D eigenvalue weighted by Gasteiger charge is -2.37. The van der Waals surface area contributed by atoms with Crippen molar-refractivity contribution >= 4 is 0 Å². The van der Waals surface area contributed by atoms with E-state index in [4.69, 9.17) is 10.5 Å². The van der Waals surface area contributed by atoms with Crippen molar-refractivity contribution in [1.82, 2.24) is 4.90 Å². The molecule has 2 N–H and O–H groups in total. The third-order valence-corrected chi connectivity index (χ3v) is 3.18. The fourth-order valence-corrected chi connectivity index (χ4v) is 2.31. The summed E-state index contributed by atoms with van der Waals surface area (Å²) in [5, 5.41) is 0. The van der Waals surface area contributed by atoms with Gasteiger partial charge in [-0.15, -0.1) is 0 Å². The fraction of sp³-hybridized carbons (Fsp3) is 1.00. The molecule has 0 aromatic carbocycles. The molecule has 98 valence electrons. The van der Waals surface area contributed by atoms with Crippen LogP contribution in [0.2, 0.25) is 0 Å². The Bertz CT molecular complexity index is 162. The maximum absolute atomic E-state index is 6.27. The van der Waals surface area contributed by atoms with Crippen LogP contribution < -0.4 is 5.73 Å². The largest absolute Gasteiger partial charge is 0.383 e. The van der Waals surface area contributed by atoms with E-state index in [9.17, 15) is 0 Å². The van der Waals surface area contributed by atoms with Crippen LogP contribution in [0.1, 0.15) is 47.0 Å². The highest BCUT2D eigenvalue weighted by Crippen LogP contribution is 2.14. The summed E-state index contributed by atoms with van der Waals surface area (Å²) < 4.78 is 5.17. The van der Waals surface area contributed by atoms with Gasteiger partial charge in [0.25, 0.3) is 0 Å². The molecule has 0 aromatic rings. The molecule has 0 radical (unpaired) electrons. The molecule has 0 aliphatic heterocycles. The smallest absolute Gasteiger partial charge is 0.0589 e. The van der Waals surface area contributed by atoms with Gasteiger partial charge in [0.15, 0.2) is 0 Å². The fourth-order valence-electron chi connectivity index (χ4n) is 2.31. The molecule has 0 saturated carbocycles. The average Bonchev–Trinajstić information content (AvgIpc) is 2.23. The van der Waals surface area contributed by atoms with E-state index in [0.29, 0.717) is 12.1 Å². The molecule has 0 bridgehead atoms. The van der Waals surface area contributed by atoms with Crippen LogP contribution in [0.15, 0.2) is 0 Å². The lowest BCUT2D eigenvalue weighted by Crippen LogP contribution is -2.51. The lowest BCUT2D eigenvalue weighted by molar-refractivity contribution is 0.0806. The molecular formula is C13H30N2O. The highest BCUT2D eigenvalue weighted by atomic mass is 16.5. The van der Waals surface area contributed by atoms with Gasteiger partial charge in [-0.25, -0.2) is 0 Å². The van der Waals surface area contributed by atoms with Gasteiger partial charge in [-0.1, -0.05) is 20.3 Å². The summed E-state index contributed by atoms with van der Waals surface area (Å²) in [6.45, 7) is 10.6. The van der Waals surface area contributed by atoms with Crippen LogP contribution in [0.3, 0.4) is 0 Å². The van der Waals surface area contributed by atoms with Crippen molar-refractivity contribution in [3.63, 3.8) is 0 Å². The van der Waals surface area contributed by atoms with Crippen LogP contribution in [0.25, 0.3) is 0 Å². The summed E-state index contributed by atoms with van der Waals surface area (Å²) in [6, 6.07) is 1.30. The molecule has 0 amide bonds. The third kappa shape index (κ3) is 5.28. The second kappa shape index (κ2) is 8.97. The number of nitrogens with zero attached hydrogens (tertiary/aromatic N) is 1. The van der Waals surface area contributed by atoms with E-state index < -0.39 is 0 Å². The highest BCUT2D eigenvalue weighted by Gasteiger charge is 2.24. The van der Waals surface area contributed by atoms with Crippen LogP contribution >= 0.6 is 0 Å². The minimum Gasteiger partial charge on any atom is -0.383 e. The first-order valence-electron chi connectivity index (χ1n) is 6.58. The van der Waals surface area contributed by atoms with Gasteiger partial charge in [0.2, 0.25) is 0 Å². The molecule has 0 heterocycles. The van der Waals surface area contributed by atoms with Crippen molar-refractivity contribution in [3.8, 4) is 0 Å². The van der Waals surface area contributed by atoms with Gasteiger partial charge in [-0.05, 0) is 26.7 Å². The van der Waals surface area contributed by atoms with Crippen molar-refractivity contribution in [2.24, 2.45) is 5.73 Å². The zero-order valence-corrected chi connectivity index (χ0v) is 11.7. The molecule has 0 rings (SSSR count). The van der Waals surface area contributed by atoms with E-state index in [2.05, 4.69) is 32.6 Å². The van der Waals surface area contributed by atoms with Crippen LogP contribution in [0.5, 0.6) is 0 Å². The van der Waals surface area contributed by atoms with E-state index in [1.54, 1.807) is 7.11 Å². The van der Waals surface area contributed by atoms with Gasteiger partial charge in [0.1, 0.15) is 0 Å². The summed E-state index contributed by atoms with van der Waals surface area (Å²) >= 11 is 0. The van der Waals surface area contributed by atoms with E-state index in [0.717, 1.165) is 32.4 Å². The van der Waals surface area contributed by atoms with Crippen LogP contribution in [-0.4, -0.2) is 43.3 Å². The Morgan fingerprint density at radius 1 is 1.25 bits per heavy atom. The molecule has 0 aromatic heterocycles. The number of nitrogens with two attached hydrogens (primary N) is 1. The van der Waals surface area contributed by atoms with Crippen LogP contribution in [0, 0.1) is 0 Å². The van der Waals surface area contributed by atoms with Gasteiger partial charge in [0.05, 0.1) is 6.61 Å². The molecule has 0 aliphatic rings. The van der Waals surface area contributed by atoms with Gasteiger partial charge in [-0.3, -0.25) is 4.90 Å². The monoisotopic (exact) mass is 230 g/mol. The van der Waals surface area contributed by atoms with Gasteiger partial charge >= 0.3 is 0 Å². The topological polar surface area (TPSA) is 38.5 Å². The number of ether oxygens (including phenoxy) is 1. The van der Waals surface area contributed by atoms with Crippen molar-refractivity contribution in [1.29, 1.82) is 0 Å². The number of rotatable bonds is 9. The minimum atomic E-state index is 0.286. The van der Waals surface area contributed by atoms with Crippen molar-refractivity contribution in [2.75, 3.05) is 20.3 Å². The van der Waals surface area contributed by atoms with Gasteiger partial charge in [-0.2, -0.15) is 0 Å². The third-order valence-electron chi connectivity index (χ3n) is 3.18. The van der Waals surface area contributed by atoms with E-state index in [-0.39, 0.29) is 6.04 Å². The summed E-state index contributed by atoms with van der Waals surface area (Å²) in [5.74, 6) is 0. The predicted octanol–water partition coefficient (Wildman–Crippen LogP) is 2.25. The predicted molar refractivity (Wildman–Crippen MR) is 70.7 cm³/mol. The Hall–Kier alpha value is -0.120. The molecule has 2 atom stereocenters. The molecule has 0 spiro atoms. The van der Waals surface area contributed by atoms with Gasteiger partial charge in [0, 0.05) is 31.8 Å². The molecule has 3 nitrogen and oxygen atoms in total. The first kappa shape index (κ1) is 15.9. The normalized spacial score (nSPS) is 15.8. The molecule has 16 heavy (non-hydrogen) atoms. The van der Waals surface area contributed by atoms with Crippen LogP contribution in [-0.2, 0) is 4.74 Å². The quantitative estimate of drug-likeness (QED) is 0.660. The first-order valence-corrected chi connectivity index (χ1v) is 6.58. The highest BCUT2D eigenvalue weighted by molar-refractivity contribution is 4.82. The molecule has 0 saturated heterocycles. The zero-order chi connectivity index (χ0) is 12.6. The Kier molecular flexibility index (Phi) is 8.90. The standard InChI is InChI=1S/C13H30N2O/c1-6-8-12(14)13(7-2)15(11(3)4)9-10-16-5/h11-13H,6-10,14H2,1-5H3. The zero-order valence-electron chi connectivity index (χ0n) is 11.7. The molecule has 3 heteroatoms. The average molecular weight is 230 g/mol. The molecule has 0 fully saturated rings. The maximum atomic E-state index is 6.27. The Morgan fingerprint density at radius 2 is 1.88 bits per heavy atom. The van der Waals surface area contributed by atoms with E-state index >= 15 is 0 Å². The minimum absolute atomic E-state index is 0.286. The SMILES string of the molecule is CCCC(N)C(CC)N(CCOC)C(C)C. The first-order chi connectivity index (χ1) is 7.58. The Morgan fingerprint density at radius 3 is 2.25 bits per heavy atom. The number of methoxy groups -OCH3 is 1. The molecule has 0 aliphatic carbocycles. The Balaban J connectivity index is 4.43. The summed E-state index contributed by atoms with van der Waals surface area (Å²) in [4.78, 5) is 2.48. The second-order valence-electron chi connectivity index (χ2n) is 4.75. The van der Waals surface area contributed by atoms with Crippen molar-refractivity contribution in [3.05, 3.63) is 0 Å². The summed E-state index contributed by atoms with van der Waals surface area (Å²) in [7, 11) is 1.76. The van der Waals surface area contributed by atoms with Crippen LogP contribution in [0.4, 0.5) is 0 Å². The lowest BCUT2D eigenvalue weighted by atomic mass is 9.99. The van der Waals surface area contributed by atoms with Gasteiger partial charge < -0.3 is 10.5 Å². The van der Waals surface area contributed by atoms with Crippen molar-refractivity contribution in [2.45, 2.75) is 65.1 Å². The maximum Gasteiger partial charge on any atom is 0.0589 e. The molecular weight excluding hydrogens is 200 g/mol. The summed E-state index contributed by atoms with van der Waals surface area (Å²) in [5.41, 5.74) is 6.27. The summed E-state index contributed by atoms with van der Waals surface area (Å²) in [6.07, 6.45) is 3.38. The van der Waals surface area contributed by atoms with Crippen molar-refractivity contribution < 1.29 is 4.74 Å². The van der Waals surface area contributed by atoms with E-state index in [1.165, 1.54) is 0 Å².